The van der Waals surface area contributed by atoms with Crippen molar-refractivity contribution in [1.82, 2.24) is 9.78 Å². The molecule has 8 atom stereocenters. The molecular weight excluding hydrogens is 448 g/mol. The van der Waals surface area contributed by atoms with E-state index < -0.39 is 0 Å². The molecule has 196 valence electrons. The molecule has 8 unspecified atom stereocenters. The molecule has 0 N–H and O–H groups in total. The average Bonchev–Trinajstić information content (AvgIpc) is 3.44. The molecule has 5 heteroatoms. The minimum absolute atomic E-state index is 0.127. The van der Waals surface area contributed by atoms with E-state index in [1.807, 2.05) is 36.2 Å². The molecule has 1 aromatic carbocycles. The highest BCUT2D eigenvalue weighted by Crippen LogP contribution is 2.68. The van der Waals surface area contributed by atoms with Gasteiger partial charge in [0, 0.05) is 24.5 Å². The van der Waals surface area contributed by atoms with E-state index in [9.17, 15) is 4.79 Å². The number of nitrogens with zero attached hydrogens (tertiary/aromatic N) is 2. The molecule has 2 aromatic rings. The maximum atomic E-state index is 13.8. The van der Waals surface area contributed by atoms with Crippen LogP contribution in [0.5, 0.6) is 5.75 Å². The van der Waals surface area contributed by atoms with Crippen molar-refractivity contribution in [2.45, 2.75) is 78.2 Å². The van der Waals surface area contributed by atoms with Crippen LogP contribution in [0, 0.1) is 46.3 Å². The molecule has 6 rings (SSSR count). The van der Waals surface area contributed by atoms with Crippen molar-refractivity contribution >= 4 is 16.7 Å². The number of fused-ring (bicyclic) bond motifs is 6. The number of benzene rings is 1. The number of ether oxygens (including phenoxy) is 2. The number of ketones is 1. The monoisotopic (exact) mass is 492 g/mol. The lowest BCUT2D eigenvalue weighted by Gasteiger charge is -2.61. The normalized spacial score (nSPS) is 39.9. The molecule has 0 saturated heterocycles. The van der Waals surface area contributed by atoms with Crippen LogP contribution in [-0.2, 0) is 16.1 Å². The summed E-state index contributed by atoms with van der Waals surface area (Å²) in [5.41, 5.74) is 1.49. The second-order valence-corrected chi connectivity index (χ2v) is 13.1. The SMILES string of the molecule is COCC12CCC(C)CC1CCC1C3CCC(C(=O)Cn4ncc5ccc(OC)cc54)C3(C)CCC12. The minimum Gasteiger partial charge on any atom is -0.497 e. The Morgan fingerprint density at radius 1 is 1.08 bits per heavy atom. The third-order valence-corrected chi connectivity index (χ3v) is 11.6. The molecule has 0 bridgehead atoms. The van der Waals surface area contributed by atoms with Crippen molar-refractivity contribution in [3.63, 3.8) is 0 Å². The lowest BCUT2D eigenvalue weighted by atomic mass is 9.44. The van der Waals surface area contributed by atoms with Gasteiger partial charge in [0.1, 0.15) is 12.3 Å². The molecule has 5 nitrogen and oxygen atoms in total. The highest BCUT2D eigenvalue weighted by Gasteiger charge is 2.62. The summed E-state index contributed by atoms with van der Waals surface area (Å²) >= 11 is 0. The van der Waals surface area contributed by atoms with Crippen LogP contribution in [0.25, 0.3) is 10.9 Å². The van der Waals surface area contributed by atoms with Crippen molar-refractivity contribution in [2.75, 3.05) is 20.8 Å². The van der Waals surface area contributed by atoms with Crippen LogP contribution in [0.4, 0.5) is 0 Å². The molecule has 36 heavy (non-hydrogen) atoms. The molecule has 0 amide bonds. The van der Waals surface area contributed by atoms with Crippen LogP contribution in [-0.4, -0.2) is 36.4 Å². The Bertz CT molecular complexity index is 1130. The third-order valence-electron chi connectivity index (χ3n) is 11.6. The van der Waals surface area contributed by atoms with Crippen LogP contribution >= 0.6 is 0 Å². The maximum Gasteiger partial charge on any atom is 0.157 e. The number of hydrogen-bond acceptors (Lipinski definition) is 4. The first-order chi connectivity index (χ1) is 17.4. The Labute approximate surface area is 216 Å². The van der Waals surface area contributed by atoms with Gasteiger partial charge in [0.2, 0.25) is 0 Å². The Balaban J connectivity index is 1.23. The molecule has 1 aromatic heterocycles. The molecule has 4 aliphatic rings. The number of Topliss-reactive ketones (excluding diaryl/α,β-unsaturated/α-hetero) is 1. The molecule has 4 fully saturated rings. The van der Waals surface area contributed by atoms with Gasteiger partial charge in [0.05, 0.1) is 25.4 Å². The Kier molecular flexibility index (Phi) is 6.21. The van der Waals surface area contributed by atoms with Gasteiger partial charge < -0.3 is 9.47 Å². The minimum atomic E-state index is 0.127. The molecule has 1 heterocycles. The number of rotatable bonds is 6. The zero-order valence-corrected chi connectivity index (χ0v) is 22.7. The summed E-state index contributed by atoms with van der Waals surface area (Å²) in [6.07, 6.45) is 13.4. The number of hydrogen-bond donors (Lipinski definition) is 0. The molecule has 0 aliphatic heterocycles. The molecule has 4 saturated carbocycles. The first kappa shape index (κ1) is 24.5. The van der Waals surface area contributed by atoms with E-state index in [-0.39, 0.29) is 11.3 Å². The summed E-state index contributed by atoms with van der Waals surface area (Å²) in [6.45, 7) is 6.22. The van der Waals surface area contributed by atoms with E-state index >= 15 is 0 Å². The lowest BCUT2D eigenvalue weighted by Crippen LogP contribution is -2.56. The second-order valence-electron chi connectivity index (χ2n) is 13.1. The van der Waals surface area contributed by atoms with E-state index in [0.29, 0.717) is 23.7 Å². The molecular formula is C31H44N2O3. The predicted molar refractivity (Wildman–Crippen MR) is 142 cm³/mol. The average molecular weight is 493 g/mol. The summed E-state index contributed by atoms with van der Waals surface area (Å²) in [6, 6.07) is 5.97. The zero-order chi connectivity index (χ0) is 25.1. The number of carbonyl (C=O) groups is 1. The van der Waals surface area contributed by atoms with Gasteiger partial charge in [0.25, 0.3) is 0 Å². The smallest absolute Gasteiger partial charge is 0.157 e. The Morgan fingerprint density at radius 3 is 2.75 bits per heavy atom. The summed E-state index contributed by atoms with van der Waals surface area (Å²) in [5, 5.41) is 5.64. The topological polar surface area (TPSA) is 53.4 Å². The quantitative estimate of drug-likeness (QED) is 0.460. The van der Waals surface area contributed by atoms with Gasteiger partial charge >= 0.3 is 0 Å². The van der Waals surface area contributed by atoms with E-state index in [4.69, 9.17) is 9.47 Å². The van der Waals surface area contributed by atoms with Gasteiger partial charge in [-0.25, -0.2) is 0 Å². The predicted octanol–water partition coefficient (Wildman–Crippen LogP) is 6.54. The van der Waals surface area contributed by atoms with Crippen molar-refractivity contribution in [2.24, 2.45) is 46.3 Å². The molecule has 0 spiro atoms. The van der Waals surface area contributed by atoms with Gasteiger partial charge in [-0.15, -0.1) is 0 Å². The summed E-state index contributed by atoms with van der Waals surface area (Å²) in [4.78, 5) is 13.8. The fourth-order valence-electron chi connectivity index (χ4n) is 9.90. The Hall–Kier alpha value is -1.88. The van der Waals surface area contributed by atoms with Gasteiger partial charge in [-0.3, -0.25) is 9.48 Å². The van der Waals surface area contributed by atoms with Crippen LogP contribution < -0.4 is 4.74 Å². The van der Waals surface area contributed by atoms with Crippen molar-refractivity contribution in [3.05, 3.63) is 24.4 Å². The Morgan fingerprint density at radius 2 is 1.94 bits per heavy atom. The fraction of sp³-hybridized carbons (Fsp3) is 0.742. The van der Waals surface area contributed by atoms with Crippen LogP contribution in [0.15, 0.2) is 24.4 Å². The van der Waals surface area contributed by atoms with Crippen LogP contribution in [0.2, 0.25) is 0 Å². The maximum absolute atomic E-state index is 13.8. The zero-order valence-electron chi connectivity index (χ0n) is 22.7. The highest BCUT2D eigenvalue weighted by atomic mass is 16.5. The first-order valence-electron chi connectivity index (χ1n) is 14.4. The van der Waals surface area contributed by atoms with Crippen molar-refractivity contribution < 1.29 is 14.3 Å². The lowest BCUT2D eigenvalue weighted by molar-refractivity contribution is -0.154. The molecule has 0 radical (unpaired) electrons. The number of aromatic nitrogens is 2. The van der Waals surface area contributed by atoms with Gasteiger partial charge in [-0.05, 0) is 104 Å². The van der Waals surface area contributed by atoms with E-state index in [0.717, 1.165) is 53.4 Å². The van der Waals surface area contributed by atoms with Crippen LogP contribution in [0.3, 0.4) is 0 Å². The highest BCUT2D eigenvalue weighted by molar-refractivity contribution is 5.85. The van der Waals surface area contributed by atoms with Gasteiger partial charge in [-0.1, -0.05) is 20.3 Å². The number of carbonyl (C=O) groups excluding carboxylic acids is 1. The molecule has 4 aliphatic carbocycles. The standard InChI is InChI=1S/C31H44N2O3/c1-20-11-14-31(19-35-3)22(15-20)6-8-24-25-9-10-27(30(25,2)13-12-26(24)31)29(34)18-33-28-16-23(36-4)7-5-21(28)17-32-33/h5,7,16-17,20,22,24-27H,6,8-15,18-19H2,1-4H3. The largest absolute Gasteiger partial charge is 0.497 e. The van der Waals surface area contributed by atoms with Gasteiger partial charge in [0.15, 0.2) is 5.78 Å². The fourth-order valence-corrected chi connectivity index (χ4v) is 9.90. The van der Waals surface area contributed by atoms with Gasteiger partial charge in [-0.2, -0.15) is 5.10 Å². The summed E-state index contributed by atoms with van der Waals surface area (Å²) in [7, 11) is 3.60. The van der Waals surface area contributed by atoms with Crippen LogP contribution in [0.1, 0.15) is 71.6 Å². The van der Waals surface area contributed by atoms with Crippen molar-refractivity contribution in [3.8, 4) is 5.75 Å². The second kappa shape index (κ2) is 9.15. The van der Waals surface area contributed by atoms with E-state index in [1.165, 1.54) is 51.4 Å². The summed E-state index contributed by atoms with van der Waals surface area (Å²) < 4.78 is 13.3. The third kappa shape index (κ3) is 3.67. The van der Waals surface area contributed by atoms with E-state index in [1.54, 1.807) is 7.11 Å². The summed E-state index contributed by atoms with van der Waals surface area (Å²) in [5.74, 6) is 5.23. The van der Waals surface area contributed by atoms with Crippen molar-refractivity contribution in [1.29, 1.82) is 0 Å². The number of methoxy groups -OCH3 is 2. The first-order valence-corrected chi connectivity index (χ1v) is 14.4. The van der Waals surface area contributed by atoms with E-state index in [2.05, 4.69) is 18.9 Å².